The van der Waals surface area contributed by atoms with Gasteiger partial charge in [0, 0.05) is 12.1 Å². The molecule has 0 radical (unpaired) electrons. The Hall–Kier alpha value is -1.91. The molecular formula is C13H14N2O3. The molecule has 0 bridgehead atoms. The highest BCUT2D eigenvalue weighted by Crippen LogP contribution is 2.33. The second-order valence-corrected chi connectivity index (χ2v) is 4.74. The maximum Gasteiger partial charge on any atom is 0.337 e. The maximum absolute atomic E-state index is 10.9. The number of oxazole rings is 1. The smallest absolute Gasteiger partial charge is 0.337 e. The van der Waals surface area contributed by atoms with E-state index in [-0.39, 0.29) is 5.56 Å². The molecule has 1 aliphatic rings. The summed E-state index contributed by atoms with van der Waals surface area (Å²) in [5.74, 6) is 0.0765. The van der Waals surface area contributed by atoms with Crippen LogP contribution in [0.25, 0.3) is 11.2 Å². The van der Waals surface area contributed by atoms with Crippen LogP contribution in [0.5, 0.6) is 0 Å². The molecule has 1 N–H and O–H groups in total. The molecule has 0 unspecified atom stereocenters. The average molecular weight is 246 g/mol. The number of nitrogens with zero attached hydrogens (tertiary/aromatic N) is 2. The zero-order chi connectivity index (χ0) is 12.5. The summed E-state index contributed by atoms with van der Waals surface area (Å²) in [5.41, 5.74) is 1.11. The summed E-state index contributed by atoms with van der Waals surface area (Å²) in [7, 11) is 0. The number of aromatic nitrogens is 2. The van der Waals surface area contributed by atoms with Gasteiger partial charge in [-0.1, -0.05) is 19.3 Å². The zero-order valence-electron chi connectivity index (χ0n) is 9.93. The van der Waals surface area contributed by atoms with Gasteiger partial charge in [0.25, 0.3) is 0 Å². The predicted molar refractivity (Wildman–Crippen MR) is 64.6 cm³/mol. The van der Waals surface area contributed by atoms with E-state index in [1.165, 1.54) is 31.5 Å². The molecule has 2 aromatic heterocycles. The van der Waals surface area contributed by atoms with Crippen molar-refractivity contribution in [1.29, 1.82) is 0 Å². The van der Waals surface area contributed by atoms with Gasteiger partial charge in [-0.2, -0.15) is 0 Å². The van der Waals surface area contributed by atoms with Crippen molar-refractivity contribution >= 4 is 17.2 Å². The van der Waals surface area contributed by atoms with Crippen molar-refractivity contribution in [3.63, 3.8) is 0 Å². The van der Waals surface area contributed by atoms with E-state index in [1.807, 2.05) is 0 Å². The molecule has 0 spiro atoms. The Labute approximate surface area is 104 Å². The van der Waals surface area contributed by atoms with Crippen LogP contribution in [-0.4, -0.2) is 21.0 Å². The highest BCUT2D eigenvalue weighted by molar-refractivity contribution is 5.90. The fourth-order valence-corrected chi connectivity index (χ4v) is 2.48. The van der Waals surface area contributed by atoms with E-state index in [9.17, 15) is 4.79 Å². The second-order valence-electron chi connectivity index (χ2n) is 4.74. The van der Waals surface area contributed by atoms with Gasteiger partial charge in [0.05, 0.1) is 5.56 Å². The SMILES string of the molecule is O=C(O)c1cnc2oc(C3CCCCC3)nc2c1. The lowest BCUT2D eigenvalue weighted by molar-refractivity contribution is 0.0696. The third-order valence-corrected chi connectivity index (χ3v) is 3.47. The number of carbonyl (C=O) groups is 1. The van der Waals surface area contributed by atoms with E-state index < -0.39 is 5.97 Å². The van der Waals surface area contributed by atoms with Crippen LogP contribution in [0.4, 0.5) is 0 Å². The van der Waals surface area contributed by atoms with E-state index in [0.29, 0.717) is 23.0 Å². The molecule has 0 aliphatic heterocycles. The van der Waals surface area contributed by atoms with Crippen LogP contribution in [0.3, 0.4) is 0 Å². The Morgan fingerprint density at radius 2 is 2.11 bits per heavy atom. The van der Waals surface area contributed by atoms with Crippen LogP contribution in [0.1, 0.15) is 54.3 Å². The summed E-state index contributed by atoms with van der Waals surface area (Å²) in [6.45, 7) is 0. The van der Waals surface area contributed by atoms with Gasteiger partial charge in [-0.25, -0.2) is 14.8 Å². The van der Waals surface area contributed by atoms with Crippen molar-refractivity contribution in [3.8, 4) is 0 Å². The molecule has 0 amide bonds. The first-order valence-electron chi connectivity index (χ1n) is 6.24. The van der Waals surface area contributed by atoms with Gasteiger partial charge in [-0.15, -0.1) is 0 Å². The van der Waals surface area contributed by atoms with Gasteiger partial charge in [0.2, 0.25) is 11.6 Å². The van der Waals surface area contributed by atoms with Gasteiger partial charge < -0.3 is 9.52 Å². The first-order valence-corrected chi connectivity index (χ1v) is 6.24. The number of hydrogen-bond acceptors (Lipinski definition) is 4. The molecular weight excluding hydrogens is 232 g/mol. The summed E-state index contributed by atoms with van der Waals surface area (Å²) in [6.07, 6.45) is 7.18. The van der Waals surface area contributed by atoms with E-state index in [1.54, 1.807) is 0 Å². The van der Waals surface area contributed by atoms with E-state index >= 15 is 0 Å². The van der Waals surface area contributed by atoms with Crippen molar-refractivity contribution in [2.24, 2.45) is 0 Å². The monoisotopic (exact) mass is 246 g/mol. The first kappa shape index (κ1) is 11.2. The largest absolute Gasteiger partial charge is 0.478 e. The van der Waals surface area contributed by atoms with Crippen LogP contribution in [-0.2, 0) is 0 Å². The lowest BCUT2D eigenvalue weighted by atomic mass is 9.89. The number of pyridine rings is 1. The van der Waals surface area contributed by atoms with Gasteiger partial charge in [0.1, 0.15) is 5.52 Å². The number of fused-ring (bicyclic) bond motifs is 1. The normalized spacial score (nSPS) is 17.1. The summed E-state index contributed by atoms with van der Waals surface area (Å²) < 4.78 is 5.63. The molecule has 94 valence electrons. The predicted octanol–water partition coefficient (Wildman–Crippen LogP) is 2.97. The molecule has 5 nitrogen and oxygen atoms in total. The molecule has 5 heteroatoms. The molecule has 1 aliphatic carbocycles. The number of rotatable bonds is 2. The summed E-state index contributed by atoms with van der Waals surface area (Å²) in [5, 5.41) is 8.90. The quantitative estimate of drug-likeness (QED) is 0.881. The van der Waals surface area contributed by atoms with Gasteiger partial charge >= 0.3 is 5.97 Å². The molecule has 0 saturated heterocycles. The van der Waals surface area contributed by atoms with Crippen molar-refractivity contribution < 1.29 is 14.3 Å². The molecule has 2 heterocycles. The minimum Gasteiger partial charge on any atom is -0.478 e. The van der Waals surface area contributed by atoms with Crippen LogP contribution >= 0.6 is 0 Å². The standard InChI is InChI=1S/C13H14N2O3/c16-13(17)9-6-10-12(14-7-9)18-11(15-10)8-4-2-1-3-5-8/h6-8H,1-5H2,(H,16,17). The molecule has 2 aromatic rings. The number of aromatic carboxylic acids is 1. The minimum absolute atomic E-state index is 0.144. The number of hydrogen-bond donors (Lipinski definition) is 1. The highest BCUT2D eigenvalue weighted by atomic mass is 16.4. The van der Waals surface area contributed by atoms with Crippen LogP contribution in [0.2, 0.25) is 0 Å². The summed E-state index contributed by atoms with van der Waals surface area (Å²) >= 11 is 0. The fraction of sp³-hybridized carbons (Fsp3) is 0.462. The lowest BCUT2D eigenvalue weighted by Crippen LogP contribution is -2.04. The molecule has 0 aromatic carbocycles. The van der Waals surface area contributed by atoms with E-state index in [4.69, 9.17) is 9.52 Å². The Bertz CT molecular complexity index is 585. The Balaban J connectivity index is 1.97. The van der Waals surface area contributed by atoms with Gasteiger partial charge in [-0.05, 0) is 18.9 Å². The number of carboxylic acid groups (broad SMARTS) is 1. The third kappa shape index (κ3) is 1.96. The van der Waals surface area contributed by atoms with E-state index in [2.05, 4.69) is 9.97 Å². The number of carboxylic acids is 1. The fourth-order valence-electron chi connectivity index (χ4n) is 2.48. The Morgan fingerprint density at radius 1 is 1.33 bits per heavy atom. The van der Waals surface area contributed by atoms with Gasteiger partial charge in [0.15, 0.2) is 0 Å². The van der Waals surface area contributed by atoms with Gasteiger partial charge in [-0.3, -0.25) is 0 Å². The first-order chi connectivity index (χ1) is 8.74. The van der Waals surface area contributed by atoms with Crippen molar-refractivity contribution in [3.05, 3.63) is 23.7 Å². The Kier molecular flexibility index (Phi) is 2.74. The maximum atomic E-state index is 10.9. The summed E-state index contributed by atoms with van der Waals surface area (Å²) in [6, 6.07) is 1.51. The average Bonchev–Trinajstić information content (AvgIpc) is 2.82. The second kappa shape index (κ2) is 4.40. The van der Waals surface area contributed by atoms with Crippen LogP contribution in [0.15, 0.2) is 16.7 Å². The molecule has 3 rings (SSSR count). The van der Waals surface area contributed by atoms with Crippen molar-refractivity contribution in [2.75, 3.05) is 0 Å². The molecule has 18 heavy (non-hydrogen) atoms. The van der Waals surface area contributed by atoms with Crippen molar-refractivity contribution in [1.82, 2.24) is 9.97 Å². The zero-order valence-corrected chi connectivity index (χ0v) is 9.93. The summed E-state index contributed by atoms with van der Waals surface area (Å²) in [4.78, 5) is 19.2. The molecule has 1 saturated carbocycles. The highest BCUT2D eigenvalue weighted by Gasteiger charge is 2.21. The molecule has 1 fully saturated rings. The molecule has 0 atom stereocenters. The minimum atomic E-state index is -0.994. The van der Waals surface area contributed by atoms with Crippen LogP contribution < -0.4 is 0 Å². The Morgan fingerprint density at radius 3 is 2.83 bits per heavy atom. The lowest BCUT2D eigenvalue weighted by Gasteiger charge is -2.17. The van der Waals surface area contributed by atoms with E-state index in [0.717, 1.165) is 12.8 Å². The van der Waals surface area contributed by atoms with Crippen molar-refractivity contribution in [2.45, 2.75) is 38.0 Å². The van der Waals surface area contributed by atoms with Crippen LogP contribution in [0, 0.1) is 0 Å². The topological polar surface area (TPSA) is 76.2 Å². The third-order valence-electron chi connectivity index (χ3n) is 3.47.